The van der Waals surface area contributed by atoms with Gasteiger partial charge in [0, 0.05) is 23.5 Å². The van der Waals surface area contributed by atoms with Gasteiger partial charge >= 0.3 is 0 Å². The Bertz CT molecular complexity index is 602. The van der Waals surface area contributed by atoms with Gasteiger partial charge < -0.3 is 10.6 Å². The number of amides is 2. The summed E-state index contributed by atoms with van der Waals surface area (Å²) in [6.45, 7) is 2.17. The molecule has 0 spiro atoms. The topological polar surface area (TPSA) is 58.2 Å². The first-order chi connectivity index (χ1) is 11.5. The van der Waals surface area contributed by atoms with E-state index in [9.17, 15) is 9.59 Å². The number of carbonyl (C=O) groups is 2. The van der Waals surface area contributed by atoms with Gasteiger partial charge in [-0.05, 0) is 48.8 Å². The zero-order chi connectivity index (χ0) is 17.1. The minimum absolute atomic E-state index is 0.0370. The fourth-order valence-electron chi connectivity index (χ4n) is 4.22. The van der Waals surface area contributed by atoms with Crippen LogP contribution in [0.3, 0.4) is 0 Å². The summed E-state index contributed by atoms with van der Waals surface area (Å²) in [6.07, 6.45) is 5.01. The van der Waals surface area contributed by atoms with Crippen LogP contribution in [0.25, 0.3) is 0 Å². The van der Waals surface area contributed by atoms with E-state index in [0.29, 0.717) is 29.7 Å². The number of carbonyl (C=O) groups excluding carboxylic acids is 2. The van der Waals surface area contributed by atoms with E-state index < -0.39 is 0 Å². The molecule has 3 rings (SSSR count). The molecule has 4 atom stereocenters. The lowest BCUT2D eigenvalue weighted by Gasteiger charge is -2.44. The van der Waals surface area contributed by atoms with E-state index >= 15 is 0 Å². The normalized spacial score (nSPS) is 29.5. The van der Waals surface area contributed by atoms with Crippen LogP contribution < -0.4 is 10.6 Å². The second-order valence-electron chi connectivity index (χ2n) is 7.09. The van der Waals surface area contributed by atoms with Crippen LogP contribution in [0, 0.1) is 11.8 Å². The first kappa shape index (κ1) is 17.3. The van der Waals surface area contributed by atoms with Crippen molar-refractivity contribution >= 4 is 23.4 Å². The molecule has 0 aromatic heterocycles. The average Bonchev–Trinajstić information content (AvgIpc) is 2.55. The first-order valence-corrected chi connectivity index (χ1v) is 9.26. The lowest BCUT2D eigenvalue weighted by Crippen LogP contribution is -2.55. The summed E-state index contributed by atoms with van der Waals surface area (Å²) in [4.78, 5) is 24.2. The molecule has 4 unspecified atom stereocenters. The van der Waals surface area contributed by atoms with Crippen molar-refractivity contribution in [1.82, 2.24) is 10.6 Å². The maximum absolute atomic E-state index is 12.3. The number of hydrogen-bond acceptors (Lipinski definition) is 2. The second-order valence-corrected chi connectivity index (χ2v) is 7.53. The van der Waals surface area contributed by atoms with E-state index in [1.807, 2.05) is 12.1 Å². The van der Waals surface area contributed by atoms with Crippen molar-refractivity contribution in [3.63, 3.8) is 0 Å². The lowest BCUT2D eigenvalue weighted by molar-refractivity contribution is -0.127. The number of piperidine rings is 1. The molecule has 1 aromatic rings. The number of fused-ring (bicyclic) bond motifs is 1. The Morgan fingerprint density at radius 1 is 1.29 bits per heavy atom. The molecule has 4 nitrogen and oxygen atoms in total. The van der Waals surface area contributed by atoms with Gasteiger partial charge in [0.05, 0.1) is 6.42 Å². The molecule has 1 saturated carbocycles. The molecule has 5 heteroatoms. The van der Waals surface area contributed by atoms with Crippen LogP contribution in [0.4, 0.5) is 0 Å². The highest BCUT2D eigenvalue weighted by molar-refractivity contribution is 6.30. The first-order valence-electron chi connectivity index (χ1n) is 8.88. The van der Waals surface area contributed by atoms with E-state index in [-0.39, 0.29) is 23.9 Å². The third-order valence-corrected chi connectivity index (χ3v) is 5.72. The third-order valence-electron chi connectivity index (χ3n) is 5.47. The van der Waals surface area contributed by atoms with Crippen molar-refractivity contribution in [2.75, 3.05) is 0 Å². The van der Waals surface area contributed by atoms with Crippen LogP contribution in [0.1, 0.15) is 44.6 Å². The largest absolute Gasteiger partial charge is 0.353 e. The van der Waals surface area contributed by atoms with Gasteiger partial charge in [-0.25, -0.2) is 0 Å². The number of benzene rings is 1. The van der Waals surface area contributed by atoms with Gasteiger partial charge in [-0.15, -0.1) is 0 Å². The molecule has 0 radical (unpaired) electrons. The molecular formula is C19H25ClN2O2. The molecule has 1 aliphatic carbocycles. The van der Waals surface area contributed by atoms with E-state index in [0.717, 1.165) is 31.2 Å². The predicted octanol–water partition coefficient (Wildman–Crippen LogP) is 3.08. The fourth-order valence-corrected chi connectivity index (χ4v) is 4.35. The van der Waals surface area contributed by atoms with Crippen LogP contribution in [0.2, 0.25) is 5.02 Å². The SMILES string of the molecule is CCC1CC(=O)NC2CC(NC(=O)Cc3ccc(Cl)cc3)CCC12. The average molecular weight is 349 g/mol. The summed E-state index contributed by atoms with van der Waals surface area (Å²) < 4.78 is 0. The number of halogens is 1. The minimum atomic E-state index is 0.0370. The van der Waals surface area contributed by atoms with Crippen molar-refractivity contribution in [3.05, 3.63) is 34.9 Å². The number of rotatable bonds is 4. The summed E-state index contributed by atoms with van der Waals surface area (Å²) in [5, 5.41) is 6.95. The monoisotopic (exact) mass is 348 g/mol. The molecule has 130 valence electrons. The van der Waals surface area contributed by atoms with Gasteiger partial charge in [-0.3, -0.25) is 9.59 Å². The number of hydrogen-bond donors (Lipinski definition) is 2. The number of nitrogens with one attached hydrogen (secondary N) is 2. The van der Waals surface area contributed by atoms with E-state index in [4.69, 9.17) is 11.6 Å². The summed E-state index contributed by atoms with van der Waals surface area (Å²) in [7, 11) is 0. The van der Waals surface area contributed by atoms with Gasteiger partial charge in [-0.2, -0.15) is 0 Å². The molecule has 24 heavy (non-hydrogen) atoms. The maximum Gasteiger partial charge on any atom is 0.224 e. The molecular weight excluding hydrogens is 324 g/mol. The predicted molar refractivity (Wildman–Crippen MR) is 94.8 cm³/mol. The highest BCUT2D eigenvalue weighted by Gasteiger charge is 2.40. The Kier molecular flexibility index (Phi) is 5.44. The van der Waals surface area contributed by atoms with Gasteiger partial charge in [0.1, 0.15) is 0 Å². The zero-order valence-corrected chi connectivity index (χ0v) is 14.8. The zero-order valence-electron chi connectivity index (χ0n) is 14.1. The third kappa shape index (κ3) is 4.10. The van der Waals surface area contributed by atoms with E-state index in [1.54, 1.807) is 12.1 Å². The standard InChI is InChI=1S/C19H25ClN2O2/c1-2-13-10-19(24)22-17-11-15(7-8-16(13)17)21-18(23)9-12-3-5-14(20)6-4-12/h3-6,13,15-17H,2,7-11H2,1H3,(H,21,23)(H,22,24). The van der Waals surface area contributed by atoms with Crippen LogP contribution in [0.5, 0.6) is 0 Å². The molecule has 0 bridgehead atoms. The highest BCUT2D eigenvalue weighted by atomic mass is 35.5. The molecule has 1 aliphatic heterocycles. The van der Waals surface area contributed by atoms with Crippen LogP contribution in [0.15, 0.2) is 24.3 Å². The van der Waals surface area contributed by atoms with Crippen LogP contribution in [-0.2, 0) is 16.0 Å². The van der Waals surface area contributed by atoms with Crippen molar-refractivity contribution in [1.29, 1.82) is 0 Å². The molecule has 2 amide bonds. The summed E-state index contributed by atoms with van der Waals surface area (Å²) in [5.74, 6) is 1.26. The van der Waals surface area contributed by atoms with Gasteiger partial charge in [0.2, 0.25) is 11.8 Å². The molecule has 2 fully saturated rings. The Morgan fingerprint density at radius 3 is 2.75 bits per heavy atom. The molecule has 1 aromatic carbocycles. The highest BCUT2D eigenvalue weighted by Crippen LogP contribution is 2.36. The molecule has 1 heterocycles. The lowest BCUT2D eigenvalue weighted by atomic mass is 9.70. The fraction of sp³-hybridized carbons (Fsp3) is 0.579. The summed E-state index contributed by atoms with van der Waals surface area (Å²) in [6, 6.07) is 7.74. The van der Waals surface area contributed by atoms with Gasteiger partial charge in [0.25, 0.3) is 0 Å². The molecule has 2 N–H and O–H groups in total. The molecule has 1 saturated heterocycles. The van der Waals surface area contributed by atoms with Crippen molar-refractivity contribution < 1.29 is 9.59 Å². The Labute approximate surface area is 148 Å². The summed E-state index contributed by atoms with van der Waals surface area (Å²) in [5.41, 5.74) is 0.961. The Hall–Kier alpha value is -1.55. The quantitative estimate of drug-likeness (QED) is 0.878. The molecule has 2 aliphatic rings. The Morgan fingerprint density at radius 2 is 2.04 bits per heavy atom. The van der Waals surface area contributed by atoms with Crippen molar-refractivity contribution in [3.8, 4) is 0 Å². The van der Waals surface area contributed by atoms with Gasteiger partial charge in [0.15, 0.2) is 0 Å². The van der Waals surface area contributed by atoms with E-state index in [2.05, 4.69) is 17.6 Å². The van der Waals surface area contributed by atoms with Crippen LogP contribution >= 0.6 is 11.6 Å². The minimum Gasteiger partial charge on any atom is -0.353 e. The van der Waals surface area contributed by atoms with Crippen molar-refractivity contribution in [2.45, 2.75) is 57.5 Å². The smallest absolute Gasteiger partial charge is 0.224 e. The van der Waals surface area contributed by atoms with Crippen LogP contribution in [-0.4, -0.2) is 23.9 Å². The van der Waals surface area contributed by atoms with E-state index in [1.165, 1.54) is 0 Å². The summed E-state index contributed by atoms with van der Waals surface area (Å²) >= 11 is 5.87. The second kappa shape index (κ2) is 7.56. The Balaban J connectivity index is 1.54. The van der Waals surface area contributed by atoms with Crippen molar-refractivity contribution in [2.24, 2.45) is 11.8 Å². The van der Waals surface area contributed by atoms with Gasteiger partial charge in [-0.1, -0.05) is 37.1 Å². The maximum atomic E-state index is 12.3.